The van der Waals surface area contributed by atoms with Gasteiger partial charge in [-0.15, -0.1) is 0 Å². The van der Waals surface area contributed by atoms with Crippen molar-refractivity contribution in [3.63, 3.8) is 0 Å². The zero-order chi connectivity index (χ0) is 11.5. The predicted molar refractivity (Wildman–Crippen MR) is 68.7 cm³/mol. The monoisotopic (exact) mass is 231 g/mol. The van der Waals surface area contributed by atoms with Crippen LogP contribution in [0.2, 0.25) is 5.02 Å². The molecule has 2 aromatic rings. The average Bonchev–Trinajstić information content (AvgIpc) is 2.32. The molecule has 0 aromatic heterocycles. The Morgan fingerprint density at radius 3 is 2.44 bits per heavy atom. The van der Waals surface area contributed by atoms with Crippen LogP contribution >= 0.6 is 11.6 Å². The van der Waals surface area contributed by atoms with E-state index in [2.05, 4.69) is 6.92 Å². The third kappa shape index (κ3) is 2.26. The summed E-state index contributed by atoms with van der Waals surface area (Å²) < 4.78 is 0. The number of halogens is 1. The lowest BCUT2D eigenvalue weighted by Gasteiger charge is -2.15. The Bertz CT molecular complexity index is 479. The van der Waals surface area contributed by atoms with Gasteiger partial charge in [-0.05, 0) is 35.7 Å². The Balaban J connectivity index is 2.41. The van der Waals surface area contributed by atoms with Crippen LogP contribution in [0.5, 0.6) is 0 Å². The lowest BCUT2D eigenvalue weighted by atomic mass is 9.96. The molecule has 2 N–H and O–H groups in total. The average molecular weight is 232 g/mol. The molecule has 0 aliphatic heterocycles. The van der Waals surface area contributed by atoms with Crippen molar-refractivity contribution >= 4 is 11.6 Å². The van der Waals surface area contributed by atoms with E-state index >= 15 is 0 Å². The van der Waals surface area contributed by atoms with Crippen LogP contribution in [-0.4, -0.2) is 0 Å². The molecule has 82 valence electrons. The van der Waals surface area contributed by atoms with Gasteiger partial charge in [0, 0.05) is 5.02 Å². The molecule has 1 atom stereocenters. The molecule has 0 radical (unpaired) electrons. The van der Waals surface area contributed by atoms with Gasteiger partial charge in [0.05, 0.1) is 6.04 Å². The summed E-state index contributed by atoms with van der Waals surface area (Å²) in [5.41, 5.74) is 9.58. The second-order valence-electron chi connectivity index (χ2n) is 3.89. The molecule has 2 rings (SSSR count). The maximum atomic E-state index is 6.23. The highest BCUT2D eigenvalue weighted by Crippen LogP contribution is 2.25. The van der Waals surface area contributed by atoms with Gasteiger partial charge in [0.15, 0.2) is 0 Å². The molecule has 16 heavy (non-hydrogen) atoms. The van der Waals surface area contributed by atoms with E-state index in [1.54, 1.807) is 0 Å². The van der Waals surface area contributed by atoms with E-state index < -0.39 is 0 Å². The fraction of sp³-hybridized carbons (Fsp3) is 0.143. The van der Waals surface area contributed by atoms with Gasteiger partial charge in [-0.3, -0.25) is 0 Å². The predicted octanol–water partition coefficient (Wildman–Crippen LogP) is 3.70. The van der Waals surface area contributed by atoms with Crippen molar-refractivity contribution in [2.75, 3.05) is 0 Å². The summed E-state index contributed by atoms with van der Waals surface area (Å²) in [5, 5.41) is 0.729. The third-order valence-corrected chi connectivity index (χ3v) is 2.97. The second kappa shape index (κ2) is 4.69. The molecular formula is C14H14ClN. The smallest absolute Gasteiger partial charge is 0.0554 e. The summed E-state index contributed by atoms with van der Waals surface area (Å²) in [6.45, 7) is 2.05. The summed E-state index contributed by atoms with van der Waals surface area (Å²) in [4.78, 5) is 0. The first-order chi connectivity index (χ1) is 7.68. The van der Waals surface area contributed by atoms with Crippen molar-refractivity contribution < 1.29 is 0 Å². The molecule has 0 saturated carbocycles. The summed E-state index contributed by atoms with van der Waals surface area (Å²) in [6, 6.07) is 15.8. The molecule has 2 heteroatoms. The zero-order valence-electron chi connectivity index (χ0n) is 9.15. The topological polar surface area (TPSA) is 26.0 Å². The minimum Gasteiger partial charge on any atom is -0.320 e. The van der Waals surface area contributed by atoms with E-state index in [4.69, 9.17) is 17.3 Å². The van der Waals surface area contributed by atoms with Crippen LogP contribution in [0.25, 0.3) is 0 Å². The van der Waals surface area contributed by atoms with E-state index in [1.807, 2.05) is 48.5 Å². The molecule has 0 bridgehead atoms. The van der Waals surface area contributed by atoms with Crippen LogP contribution in [0.1, 0.15) is 22.7 Å². The Morgan fingerprint density at radius 1 is 1.06 bits per heavy atom. The van der Waals surface area contributed by atoms with Gasteiger partial charge in [0.25, 0.3) is 0 Å². The van der Waals surface area contributed by atoms with Crippen LogP contribution < -0.4 is 5.73 Å². The number of rotatable bonds is 2. The van der Waals surface area contributed by atoms with Crippen LogP contribution in [-0.2, 0) is 0 Å². The Morgan fingerprint density at radius 2 is 1.75 bits per heavy atom. The highest BCUT2D eigenvalue weighted by atomic mass is 35.5. The lowest BCUT2D eigenvalue weighted by Crippen LogP contribution is -2.13. The lowest BCUT2D eigenvalue weighted by molar-refractivity contribution is 0.862. The maximum absolute atomic E-state index is 6.23. The number of aryl methyl sites for hydroxylation is 1. The molecule has 2 aromatic carbocycles. The van der Waals surface area contributed by atoms with Gasteiger partial charge in [-0.25, -0.2) is 0 Å². The molecule has 0 heterocycles. The maximum Gasteiger partial charge on any atom is 0.0554 e. The standard InChI is InChI=1S/C14H14ClN/c1-10-7-8-12(15)9-13(10)14(16)11-5-3-2-4-6-11/h2-9,14H,16H2,1H3. The van der Waals surface area contributed by atoms with E-state index in [0.717, 1.165) is 16.1 Å². The first-order valence-electron chi connectivity index (χ1n) is 5.25. The minimum atomic E-state index is -0.111. The first kappa shape index (κ1) is 11.2. The van der Waals surface area contributed by atoms with Crippen LogP contribution in [0, 0.1) is 6.92 Å². The van der Waals surface area contributed by atoms with Crippen LogP contribution in [0.4, 0.5) is 0 Å². The zero-order valence-corrected chi connectivity index (χ0v) is 9.91. The molecule has 1 unspecified atom stereocenters. The van der Waals surface area contributed by atoms with E-state index in [9.17, 15) is 0 Å². The normalized spacial score (nSPS) is 12.4. The molecule has 0 aliphatic rings. The van der Waals surface area contributed by atoms with E-state index in [0.29, 0.717) is 0 Å². The summed E-state index contributed by atoms with van der Waals surface area (Å²) >= 11 is 5.99. The van der Waals surface area contributed by atoms with E-state index in [1.165, 1.54) is 5.56 Å². The number of hydrogen-bond acceptors (Lipinski definition) is 1. The highest BCUT2D eigenvalue weighted by Gasteiger charge is 2.11. The van der Waals surface area contributed by atoms with Gasteiger partial charge >= 0.3 is 0 Å². The Hall–Kier alpha value is -1.31. The Labute approximate surface area is 101 Å². The minimum absolute atomic E-state index is 0.111. The highest BCUT2D eigenvalue weighted by molar-refractivity contribution is 6.30. The van der Waals surface area contributed by atoms with Crippen molar-refractivity contribution in [3.8, 4) is 0 Å². The van der Waals surface area contributed by atoms with Crippen molar-refractivity contribution in [1.29, 1.82) is 0 Å². The van der Waals surface area contributed by atoms with Gasteiger partial charge in [0.2, 0.25) is 0 Å². The van der Waals surface area contributed by atoms with Crippen LogP contribution in [0.3, 0.4) is 0 Å². The molecule has 0 amide bonds. The summed E-state index contributed by atoms with van der Waals surface area (Å²) in [6.07, 6.45) is 0. The van der Waals surface area contributed by atoms with Gasteiger partial charge in [0.1, 0.15) is 0 Å². The molecule has 1 nitrogen and oxygen atoms in total. The molecule has 0 aliphatic carbocycles. The number of nitrogens with two attached hydrogens (primary N) is 1. The number of benzene rings is 2. The first-order valence-corrected chi connectivity index (χ1v) is 5.63. The Kier molecular flexibility index (Phi) is 3.28. The molecule has 0 saturated heterocycles. The SMILES string of the molecule is Cc1ccc(Cl)cc1C(N)c1ccccc1. The fourth-order valence-electron chi connectivity index (χ4n) is 1.79. The third-order valence-electron chi connectivity index (χ3n) is 2.74. The molecule has 0 fully saturated rings. The van der Waals surface area contributed by atoms with E-state index in [-0.39, 0.29) is 6.04 Å². The molecular weight excluding hydrogens is 218 g/mol. The van der Waals surface area contributed by atoms with Crippen LogP contribution in [0.15, 0.2) is 48.5 Å². The number of hydrogen-bond donors (Lipinski definition) is 1. The largest absolute Gasteiger partial charge is 0.320 e. The fourth-order valence-corrected chi connectivity index (χ4v) is 1.97. The second-order valence-corrected chi connectivity index (χ2v) is 4.33. The van der Waals surface area contributed by atoms with Crippen molar-refractivity contribution in [3.05, 3.63) is 70.2 Å². The summed E-state index contributed by atoms with van der Waals surface area (Å²) in [5.74, 6) is 0. The van der Waals surface area contributed by atoms with Crippen molar-refractivity contribution in [2.45, 2.75) is 13.0 Å². The van der Waals surface area contributed by atoms with Gasteiger partial charge in [-0.1, -0.05) is 48.0 Å². The molecule has 0 spiro atoms. The van der Waals surface area contributed by atoms with Crippen molar-refractivity contribution in [1.82, 2.24) is 0 Å². The quantitative estimate of drug-likeness (QED) is 0.838. The van der Waals surface area contributed by atoms with Gasteiger partial charge in [-0.2, -0.15) is 0 Å². The van der Waals surface area contributed by atoms with Crippen molar-refractivity contribution in [2.24, 2.45) is 5.73 Å². The van der Waals surface area contributed by atoms with Gasteiger partial charge < -0.3 is 5.73 Å². The summed E-state index contributed by atoms with van der Waals surface area (Å²) in [7, 11) is 0.